The molecular formula is H5K3Na2. The molecule has 0 atom stereocenters. The first-order chi connectivity index (χ1) is 0. The topological polar surface area (TPSA) is 0 Å². The van der Waals surface area contributed by atoms with Gasteiger partial charge in [0.15, 0.2) is 0 Å². The molecule has 0 nitrogen and oxygen atoms in total. The Morgan fingerprint density at radius 3 is 0.600 bits per heavy atom. The predicted molar refractivity (Wildman–Crippen MR) is 5.56 cm³/mol. The van der Waals surface area contributed by atoms with Crippen LogP contribution in [0.2, 0.25) is 0 Å². The second-order valence-electron chi connectivity index (χ2n) is 0. The van der Waals surface area contributed by atoms with E-state index in [-0.39, 0.29) is 220 Å². The molecule has 0 fully saturated rings. The number of rotatable bonds is 0. The van der Waals surface area contributed by atoms with Gasteiger partial charge in [-0.3, -0.25) is 0 Å². The van der Waals surface area contributed by atoms with Gasteiger partial charge in [-0.15, -0.1) is 0 Å². The minimum absolute atomic E-state index is 0. The van der Waals surface area contributed by atoms with Crippen molar-refractivity contribution >= 4 is 0 Å². The molecule has 0 saturated carbocycles. The van der Waals surface area contributed by atoms with Crippen LogP contribution in [0.5, 0.6) is 0 Å². The Balaban J connectivity index is 0. The summed E-state index contributed by atoms with van der Waals surface area (Å²) >= 11 is 0. The molecule has 0 bridgehead atoms. The van der Waals surface area contributed by atoms with Gasteiger partial charge in [-0.2, -0.15) is 0 Å². The standard InChI is InChI=1S/3K.2Na.5H/q5*+1;5*-1. The normalized spacial score (nSPS) is 0. The third kappa shape index (κ3) is 18.1. The first kappa shape index (κ1) is 29.7. The zero-order valence-corrected chi connectivity index (χ0v) is 18.4. The van der Waals surface area contributed by atoms with Crippen molar-refractivity contribution in [1.29, 1.82) is 0 Å². The molecule has 10 valence electrons. The molecule has 0 aromatic rings. The Hall–Kier alpha value is 6.91. The van der Waals surface area contributed by atoms with E-state index < -0.39 is 0 Å². The SMILES string of the molecule is [H-].[H-].[H-].[H-].[H-].[K+].[K+].[K+].[Na+].[Na+]. The number of hydrogen-bond donors (Lipinski definition) is 0. The summed E-state index contributed by atoms with van der Waals surface area (Å²) in [6, 6.07) is 0. The van der Waals surface area contributed by atoms with Crippen LogP contribution in [0.4, 0.5) is 0 Å². The van der Waals surface area contributed by atoms with Crippen LogP contribution >= 0.6 is 0 Å². The fraction of sp³-hybridized carbons (Fsp3) is 0. The van der Waals surface area contributed by atoms with E-state index in [9.17, 15) is 0 Å². The van der Waals surface area contributed by atoms with Crippen LogP contribution in [-0.4, -0.2) is 0 Å². The van der Waals surface area contributed by atoms with Crippen molar-refractivity contribution in [3.8, 4) is 0 Å². The summed E-state index contributed by atoms with van der Waals surface area (Å²) in [5.41, 5.74) is 0. The van der Waals surface area contributed by atoms with Crippen LogP contribution in [0, 0.1) is 0 Å². The molecule has 0 aromatic carbocycles. The molecule has 0 saturated heterocycles. The molecule has 0 N–H and O–H groups in total. The van der Waals surface area contributed by atoms with Crippen molar-refractivity contribution in [3.63, 3.8) is 0 Å². The van der Waals surface area contributed by atoms with E-state index in [0.29, 0.717) is 0 Å². The van der Waals surface area contributed by atoms with E-state index in [0.717, 1.165) is 0 Å². The summed E-state index contributed by atoms with van der Waals surface area (Å²) in [5, 5.41) is 0. The van der Waals surface area contributed by atoms with Crippen LogP contribution in [0.1, 0.15) is 7.13 Å². The van der Waals surface area contributed by atoms with Gasteiger partial charge in [0, 0.05) is 0 Å². The fourth-order valence-corrected chi connectivity index (χ4v) is 0. The smallest absolute Gasteiger partial charge is 1.00 e. The van der Waals surface area contributed by atoms with Crippen molar-refractivity contribution < 1.29 is 220 Å². The summed E-state index contributed by atoms with van der Waals surface area (Å²) in [4.78, 5) is 0. The molecule has 5 heavy (non-hydrogen) atoms. The van der Waals surface area contributed by atoms with Gasteiger partial charge in [-0.05, 0) is 0 Å². The van der Waals surface area contributed by atoms with Gasteiger partial charge in [-0.25, -0.2) is 0 Å². The molecule has 0 radical (unpaired) electrons. The average molecular weight is 168 g/mol. The maximum atomic E-state index is 0. The predicted octanol–water partition coefficient (Wildman–Crippen LogP) is -14.4. The van der Waals surface area contributed by atoms with Crippen molar-refractivity contribution in [1.82, 2.24) is 0 Å². The fourth-order valence-electron chi connectivity index (χ4n) is 0. The van der Waals surface area contributed by atoms with Gasteiger partial charge in [0.1, 0.15) is 0 Å². The van der Waals surface area contributed by atoms with Crippen LogP contribution in [0.15, 0.2) is 0 Å². The van der Waals surface area contributed by atoms with Gasteiger partial charge < -0.3 is 7.13 Å². The molecule has 0 aliphatic rings. The molecular weight excluding hydrogens is 163 g/mol. The van der Waals surface area contributed by atoms with Gasteiger partial charge >= 0.3 is 213 Å². The molecule has 0 aliphatic carbocycles. The van der Waals surface area contributed by atoms with Crippen molar-refractivity contribution in [3.05, 3.63) is 0 Å². The second kappa shape index (κ2) is 22.4. The first-order valence-corrected chi connectivity index (χ1v) is 0. The quantitative estimate of drug-likeness (QED) is 0.315. The van der Waals surface area contributed by atoms with Crippen molar-refractivity contribution in [2.45, 2.75) is 0 Å². The van der Waals surface area contributed by atoms with Gasteiger partial charge in [0.2, 0.25) is 0 Å². The summed E-state index contributed by atoms with van der Waals surface area (Å²) < 4.78 is 0. The van der Waals surface area contributed by atoms with Gasteiger partial charge in [0.25, 0.3) is 0 Å². The third-order valence-corrected chi connectivity index (χ3v) is 0. The second-order valence-corrected chi connectivity index (χ2v) is 0. The Kier molecular flexibility index (Phi) is 133. The maximum absolute atomic E-state index is 0. The minimum Gasteiger partial charge on any atom is -1.00 e. The molecule has 0 heterocycles. The van der Waals surface area contributed by atoms with Crippen LogP contribution in [0.25, 0.3) is 0 Å². The summed E-state index contributed by atoms with van der Waals surface area (Å²) in [7, 11) is 0. The van der Waals surface area contributed by atoms with E-state index in [1.807, 2.05) is 0 Å². The van der Waals surface area contributed by atoms with Crippen LogP contribution in [0.3, 0.4) is 0 Å². The Morgan fingerprint density at radius 2 is 0.600 bits per heavy atom. The molecule has 0 unspecified atom stereocenters. The van der Waals surface area contributed by atoms with Crippen LogP contribution < -0.4 is 213 Å². The largest absolute Gasteiger partial charge is 1.00 e. The number of hydrogen-bond acceptors (Lipinski definition) is 0. The minimum atomic E-state index is 0. The molecule has 0 amide bonds. The van der Waals surface area contributed by atoms with Gasteiger partial charge in [-0.1, -0.05) is 0 Å². The van der Waals surface area contributed by atoms with E-state index >= 15 is 0 Å². The zero-order valence-electron chi connectivity index (χ0n) is 10.0. The summed E-state index contributed by atoms with van der Waals surface area (Å²) in [6.45, 7) is 0. The van der Waals surface area contributed by atoms with E-state index in [1.165, 1.54) is 0 Å². The zero-order chi connectivity index (χ0) is 0. The Morgan fingerprint density at radius 1 is 0.600 bits per heavy atom. The van der Waals surface area contributed by atoms with Crippen LogP contribution in [-0.2, 0) is 0 Å². The average Bonchev–Trinajstić information content (AvgIpc) is 0. The van der Waals surface area contributed by atoms with E-state index in [1.54, 1.807) is 0 Å². The molecule has 0 rings (SSSR count). The van der Waals surface area contributed by atoms with E-state index in [4.69, 9.17) is 0 Å². The molecule has 5 heteroatoms. The molecule has 0 aliphatic heterocycles. The monoisotopic (exact) mass is 168 g/mol. The van der Waals surface area contributed by atoms with Crippen molar-refractivity contribution in [2.75, 3.05) is 0 Å². The summed E-state index contributed by atoms with van der Waals surface area (Å²) in [5.74, 6) is 0. The maximum Gasteiger partial charge on any atom is 1.00 e. The molecule has 0 aromatic heterocycles. The summed E-state index contributed by atoms with van der Waals surface area (Å²) in [6.07, 6.45) is 0. The molecule has 0 spiro atoms. The van der Waals surface area contributed by atoms with Crippen molar-refractivity contribution in [2.24, 2.45) is 0 Å². The third-order valence-electron chi connectivity index (χ3n) is 0. The van der Waals surface area contributed by atoms with E-state index in [2.05, 4.69) is 0 Å². The Bertz CT molecular complexity index is 14.9. The Labute approximate surface area is 212 Å². The first-order valence-electron chi connectivity index (χ1n) is 0. The van der Waals surface area contributed by atoms with Gasteiger partial charge in [0.05, 0.1) is 0 Å².